The van der Waals surface area contributed by atoms with E-state index in [4.69, 9.17) is 16.3 Å². The molecular formula is C11H8BrClN2O2. The highest BCUT2D eigenvalue weighted by Crippen LogP contribution is 2.31. The summed E-state index contributed by atoms with van der Waals surface area (Å²) >= 11 is 9.15. The van der Waals surface area contributed by atoms with Crippen LogP contribution in [0.25, 0.3) is 0 Å². The normalized spacial score (nSPS) is 10.3. The smallest absolute Gasteiger partial charge is 0.273 e. The molecule has 0 saturated heterocycles. The largest absolute Gasteiger partial charge is 0.436 e. The molecule has 1 heterocycles. The number of aryl methyl sites for hydroxylation is 1. The summed E-state index contributed by atoms with van der Waals surface area (Å²) in [5.74, 6) is 0.635. The first-order chi connectivity index (χ1) is 8.08. The number of H-pyrrole nitrogens is 1. The number of hydrogen-bond acceptors (Lipinski definition) is 3. The highest BCUT2D eigenvalue weighted by Gasteiger charge is 2.10. The molecule has 2 aromatic rings. The molecule has 1 aromatic carbocycles. The number of ether oxygens (including phenoxy) is 1. The van der Waals surface area contributed by atoms with Crippen LogP contribution in [0.1, 0.15) is 5.56 Å². The van der Waals surface area contributed by atoms with Gasteiger partial charge in [0.05, 0.1) is 10.8 Å². The highest BCUT2D eigenvalue weighted by atomic mass is 79.9. The van der Waals surface area contributed by atoms with Crippen molar-refractivity contribution in [3.8, 4) is 11.6 Å². The van der Waals surface area contributed by atoms with E-state index in [2.05, 4.69) is 25.9 Å². The van der Waals surface area contributed by atoms with Gasteiger partial charge in [-0.1, -0.05) is 17.7 Å². The Labute approximate surface area is 111 Å². The summed E-state index contributed by atoms with van der Waals surface area (Å²) in [6.45, 7) is 1.97. The fourth-order valence-electron chi connectivity index (χ4n) is 1.23. The van der Waals surface area contributed by atoms with Crippen molar-refractivity contribution in [1.82, 2.24) is 9.97 Å². The lowest BCUT2D eigenvalue weighted by Gasteiger charge is -2.07. The average molecular weight is 316 g/mol. The summed E-state index contributed by atoms with van der Waals surface area (Å²) in [5.41, 5.74) is 0.661. The Balaban J connectivity index is 2.38. The second-order valence-corrected chi connectivity index (χ2v) is 4.62. The summed E-state index contributed by atoms with van der Waals surface area (Å²) in [7, 11) is 0. The number of benzene rings is 1. The van der Waals surface area contributed by atoms with E-state index >= 15 is 0 Å². The lowest BCUT2D eigenvalue weighted by Crippen LogP contribution is -2.07. The topological polar surface area (TPSA) is 55.0 Å². The third kappa shape index (κ3) is 2.68. The third-order valence-electron chi connectivity index (χ3n) is 2.06. The Kier molecular flexibility index (Phi) is 3.49. The maximum Gasteiger partial charge on any atom is 0.273 e. The molecule has 0 spiro atoms. The number of aromatic amines is 1. The summed E-state index contributed by atoms with van der Waals surface area (Å²) in [5, 5.41) is -0.0695. The van der Waals surface area contributed by atoms with Crippen LogP contribution < -0.4 is 10.3 Å². The molecule has 6 heteroatoms. The minimum atomic E-state index is -0.431. The van der Waals surface area contributed by atoms with Crippen molar-refractivity contribution >= 4 is 27.5 Å². The molecule has 0 aliphatic heterocycles. The monoisotopic (exact) mass is 314 g/mol. The average Bonchev–Trinajstić information content (AvgIpc) is 2.28. The zero-order valence-electron chi connectivity index (χ0n) is 8.83. The maximum absolute atomic E-state index is 11.2. The van der Waals surface area contributed by atoms with Crippen LogP contribution in [0, 0.1) is 6.92 Å². The van der Waals surface area contributed by atoms with E-state index in [0.29, 0.717) is 5.75 Å². The molecule has 4 nitrogen and oxygen atoms in total. The Hall–Kier alpha value is -1.33. The molecule has 0 radical (unpaired) electrons. The predicted molar refractivity (Wildman–Crippen MR) is 68.8 cm³/mol. The quantitative estimate of drug-likeness (QED) is 0.925. The minimum absolute atomic E-state index is 0.0695. The molecule has 0 aliphatic carbocycles. The summed E-state index contributed by atoms with van der Waals surface area (Å²) in [4.78, 5) is 17.5. The van der Waals surface area contributed by atoms with Crippen molar-refractivity contribution in [3.05, 3.63) is 49.9 Å². The van der Waals surface area contributed by atoms with Crippen LogP contribution in [0.5, 0.6) is 11.6 Å². The molecule has 0 amide bonds. The molecule has 2 rings (SSSR count). The van der Waals surface area contributed by atoms with Gasteiger partial charge in [0.2, 0.25) is 5.88 Å². The highest BCUT2D eigenvalue weighted by molar-refractivity contribution is 9.10. The molecular weight excluding hydrogens is 307 g/mol. The van der Waals surface area contributed by atoms with Crippen molar-refractivity contribution in [2.75, 3.05) is 0 Å². The van der Waals surface area contributed by atoms with E-state index in [-0.39, 0.29) is 10.9 Å². The van der Waals surface area contributed by atoms with Gasteiger partial charge in [0, 0.05) is 0 Å². The first-order valence-corrected chi connectivity index (χ1v) is 5.92. The summed E-state index contributed by atoms with van der Waals surface area (Å²) in [6.07, 6.45) is 1.24. The molecule has 0 bridgehead atoms. The number of aromatic nitrogens is 2. The molecule has 0 aliphatic rings. The fraction of sp³-hybridized carbons (Fsp3) is 0.0909. The molecule has 1 N–H and O–H groups in total. The summed E-state index contributed by atoms with van der Waals surface area (Å²) in [6, 6.07) is 5.57. The van der Waals surface area contributed by atoms with Crippen LogP contribution in [-0.2, 0) is 0 Å². The lowest BCUT2D eigenvalue weighted by molar-refractivity contribution is 0.458. The number of nitrogens with zero attached hydrogens (tertiary/aromatic N) is 1. The second-order valence-electron chi connectivity index (χ2n) is 3.39. The van der Waals surface area contributed by atoms with Gasteiger partial charge >= 0.3 is 0 Å². The first-order valence-electron chi connectivity index (χ1n) is 4.75. The van der Waals surface area contributed by atoms with Crippen molar-refractivity contribution in [2.24, 2.45) is 0 Å². The van der Waals surface area contributed by atoms with Gasteiger partial charge in [0.1, 0.15) is 5.75 Å². The molecule has 88 valence electrons. The van der Waals surface area contributed by atoms with E-state index in [1.54, 1.807) is 6.07 Å². The Morgan fingerprint density at radius 2 is 2.24 bits per heavy atom. The number of nitrogens with one attached hydrogen (secondary N) is 1. The maximum atomic E-state index is 11.2. The van der Waals surface area contributed by atoms with Gasteiger partial charge in [-0.15, -0.1) is 0 Å². The molecule has 1 aromatic heterocycles. The van der Waals surface area contributed by atoms with E-state index in [9.17, 15) is 4.79 Å². The SMILES string of the molecule is Cc1ccc(Oc2nc[nH]c(=O)c2Cl)c(Br)c1. The predicted octanol–water partition coefficient (Wildman–Crippen LogP) is 3.29. The Morgan fingerprint density at radius 1 is 1.47 bits per heavy atom. The van der Waals surface area contributed by atoms with Crippen molar-refractivity contribution in [3.63, 3.8) is 0 Å². The van der Waals surface area contributed by atoms with E-state index in [1.807, 2.05) is 19.1 Å². The van der Waals surface area contributed by atoms with Gasteiger partial charge in [-0.25, -0.2) is 4.98 Å². The minimum Gasteiger partial charge on any atom is -0.436 e. The Bertz CT molecular complexity index is 613. The van der Waals surface area contributed by atoms with Crippen LogP contribution in [0.4, 0.5) is 0 Å². The van der Waals surface area contributed by atoms with Crippen molar-refractivity contribution < 1.29 is 4.74 Å². The van der Waals surface area contributed by atoms with Gasteiger partial charge < -0.3 is 9.72 Å². The van der Waals surface area contributed by atoms with E-state index in [0.717, 1.165) is 10.0 Å². The zero-order valence-corrected chi connectivity index (χ0v) is 11.2. The van der Waals surface area contributed by atoms with Gasteiger partial charge in [-0.2, -0.15) is 0 Å². The van der Waals surface area contributed by atoms with Crippen LogP contribution in [-0.4, -0.2) is 9.97 Å². The van der Waals surface area contributed by atoms with Gasteiger partial charge in [-0.05, 0) is 40.5 Å². The molecule has 0 fully saturated rings. The first kappa shape index (κ1) is 12.1. The molecule has 0 atom stereocenters. The van der Waals surface area contributed by atoms with Crippen molar-refractivity contribution in [1.29, 1.82) is 0 Å². The van der Waals surface area contributed by atoms with E-state index in [1.165, 1.54) is 6.33 Å². The Morgan fingerprint density at radius 3 is 2.94 bits per heavy atom. The van der Waals surface area contributed by atoms with E-state index < -0.39 is 5.56 Å². The van der Waals surface area contributed by atoms with Gasteiger partial charge in [-0.3, -0.25) is 4.79 Å². The number of hydrogen-bond donors (Lipinski definition) is 1. The van der Waals surface area contributed by atoms with Crippen LogP contribution in [0.3, 0.4) is 0 Å². The van der Waals surface area contributed by atoms with Crippen molar-refractivity contribution in [2.45, 2.75) is 6.92 Å². The molecule has 17 heavy (non-hydrogen) atoms. The van der Waals surface area contributed by atoms with Gasteiger partial charge in [0.15, 0.2) is 5.02 Å². The third-order valence-corrected chi connectivity index (χ3v) is 3.01. The van der Waals surface area contributed by atoms with Crippen LogP contribution in [0.2, 0.25) is 5.02 Å². The molecule has 0 unspecified atom stereocenters. The fourth-order valence-corrected chi connectivity index (χ4v) is 1.95. The van der Waals surface area contributed by atoms with Gasteiger partial charge in [0.25, 0.3) is 5.56 Å². The number of rotatable bonds is 2. The van der Waals surface area contributed by atoms with Crippen LogP contribution >= 0.6 is 27.5 Å². The summed E-state index contributed by atoms with van der Waals surface area (Å²) < 4.78 is 6.24. The molecule has 0 saturated carbocycles. The zero-order chi connectivity index (χ0) is 12.4. The lowest BCUT2D eigenvalue weighted by atomic mass is 10.2. The number of halogens is 2. The second kappa shape index (κ2) is 4.89. The van der Waals surface area contributed by atoms with Crippen LogP contribution in [0.15, 0.2) is 33.8 Å². The standard InChI is InChI=1S/C11H8BrClN2O2/c1-6-2-3-8(7(12)4-6)17-11-9(13)10(16)14-5-15-11/h2-5H,1H3,(H,14,15,16).